The Morgan fingerprint density at radius 2 is 2.24 bits per heavy atom. The number of rotatable bonds is 8. The average molecular weight is 482 g/mol. The summed E-state index contributed by atoms with van der Waals surface area (Å²) in [5.74, 6) is 0.763. The van der Waals surface area contributed by atoms with Crippen LogP contribution in [0.4, 0.5) is 11.5 Å². The first kappa shape index (κ1) is 22.5. The summed E-state index contributed by atoms with van der Waals surface area (Å²) in [7, 11) is 1.66. The Morgan fingerprint density at radius 1 is 1.35 bits per heavy atom. The highest BCUT2D eigenvalue weighted by atomic mass is 32.1. The highest BCUT2D eigenvalue weighted by molar-refractivity contribution is 7.19. The van der Waals surface area contributed by atoms with Crippen molar-refractivity contribution in [1.82, 2.24) is 30.0 Å². The molecule has 3 N–H and O–H groups in total. The molecule has 0 aliphatic heterocycles. The largest absolute Gasteiger partial charge is 0.383 e. The smallest absolute Gasteiger partial charge is 0.273 e. The number of methoxy groups -OCH3 is 1. The van der Waals surface area contributed by atoms with Crippen LogP contribution in [0.3, 0.4) is 0 Å². The van der Waals surface area contributed by atoms with Gasteiger partial charge in [0.05, 0.1) is 18.2 Å². The lowest BCUT2D eigenvalue weighted by molar-refractivity contribution is -0.136. The Morgan fingerprint density at radius 3 is 3.06 bits per heavy atom. The maximum absolute atomic E-state index is 13.2. The number of carbonyl (C=O) groups is 1. The Bertz CT molecular complexity index is 1390. The van der Waals surface area contributed by atoms with E-state index in [9.17, 15) is 9.59 Å². The first-order valence-corrected chi connectivity index (χ1v) is 12.3. The molecule has 4 aromatic heterocycles. The Hall–Kier alpha value is -3.31. The van der Waals surface area contributed by atoms with E-state index in [-0.39, 0.29) is 17.4 Å². The molecule has 34 heavy (non-hydrogen) atoms. The number of hydrogen-bond donors (Lipinski definition) is 3. The van der Waals surface area contributed by atoms with E-state index in [1.165, 1.54) is 16.8 Å². The van der Waals surface area contributed by atoms with Crippen LogP contribution in [-0.4, -0.2) is 62.8 Å². The molecule has 5 rings (SSSR count). The molecule has 0 radical (unpaired) electrons. The fourth-order valence-electron chi connectivity index (χ4n) is 4.60. The molecular formula is C23H27N7O3S. The summed E-state index contributed by atoms with van der Waals surface area (Å²) in [6, 6.07) is 1.75. The van der Waals surface area contributed by atoms with Gasteiger partial charge in [0.25, 0.3) is 5.56 Å². The van der Waals surface area contributed by atoms with Gasteiger partial charge in [0.2, 0.25) is 5.91 Å². The number of carbonyl (C=O) groups excluding carboxylic acids is 1. The number of thiophene rings is 1. The zero-order valence-corrected chi connectivity index (χ0v) is 20.0. The van der Waals surface area contributed by atoms with Crippen LogP contribution in [-0.2, 0) is 22.4 Å². The van der Waals surface area contributed by atoms with Gasteiger partial charge < -0.3 is 19.9 Å². The van der Waals surface area contributed by atoms with E-state index in [0.29, 0.717) is 36.7 Å². The molecule has 10 nitrogen and oxygen atoms in total. The fourth-order valence-corrected chi connectivity index (χ4v) is 5.87. The van der Waals surface area contributed by atoms with E-state index in [0.717, 1.165) is 41.4 Å². The van der Waals surface area contributed by atoms with Crippen molar-refractivity contribution in [3.63, 3.8) is 0 Å². The number of aromatic amines is 2. The molecule has 1 aliphatic carbocycles. The number of nitrogens with zero attached hydrogens (tertiary/aromatic N) is 4. The van der Waals surface area contributed by atoms with Gasteiger partial charge in [0.1, 0.15) is 28.3 Å². The standard InChI is InChI=1S/C23H27N7O3S/c1-3-6-30(7-8-33-2)23(32)13-4-5-15-17(10-13)34-22-18(15)20(24-12-25-22)27-16-9-14-11-26-29-19(14)28-21(16)31/h9,11-13H,3-8,10H2,1-2H3,(H,24,25,27)(H2,26,28,29,31). The second-order valence-electron chi connectivity index (χ2n) is 8.50. The normalized spacial score (nSPS) is 15.5. The first-order chi connectivity index (χ1) is 16.6. The van der Waals surface area contributed by atoms with Crippen LogP contribution in [0.5, 0.6) is 0 Å². The van der Waals surface area contributed by atoms with Gasteiger partial charge in [-0.1, -0.05) is 6.92 Å². The molecule has 0 saturated carbocycles. The Kier molecular flexibility index (Phi) is 6.29. The lowest BCUT2D eigenvalue weighted by atomic mass is 9.86. The number of pyridine rings is 1. The van der Waals surface area contributed by atoms with Gasteiger partial charge in [0.15, 0.2) is 0 Å². The molecule has 4 heterocycles. The van der Waals surface area contributed by atoms with Crippen molar-refractivity contribution < 1.29 is 9.53 Å². The fraction of sp³-hybridized carbons (Fsp3) is 0.435. The number of hydrogen-bond acceptors (Lipinski definition) is 8. The minimum atomic E-state index is -0.259. The molecule has 0 fully saturated rings. The van der Waals surface area contributed by atoms with Crippen LogP contribution >= 0.6 is 11.3 Å². The molecule has 0 aromatic carbocycles. The third-order valence-electron chi connectivity index (χ3n) is 6.27. The summed E-state index contributed by atoms with van der Waals surface area (Å²) in [5, 5.41) is 11.7. The zero-order chi connectivity index (χ0) is 23.7. The van der Waals surface area contributed by atoms with Crippen molar-refractivity contribution in [2.75, 3.05) is 32.1 Å². The number of H-pyrrole nitrogens is 2. The zero-order valence-electron chi connectivity index (χ0n) is 19.2. The Labute approximate surface area is 199 Å². The van der Waals surface area contributed by atoms with Crippen molar-refractivity contribution in [3.05, 3.63) is 39.4 Å². The second kappa shape index (κ2) is 9.51. The van der Waals surface area contributed by atoms with Gasteiger partial charge in [-0.15, -0.1) is 11.3 Å². The number of fused-ring (bicyclic) bond motifs is 4. The van der Waals surface area contributed by atoms with Crippen molar-refractivity contribution >= 4 is 50.0 Å². The van der Waals surface area contributed by atoms with E-state index in [1.807, 2.05) is 4.90 Å². The predicted octanol–water partition coefficient (Wildman–Crippen LogP) is 2.99. The summed E-state index contributed by atoms with van der Waals surface area (Å²) in [5.41, 5.74) is 1.89. The van der Waals surface area contributed by atoms with Gasteiger partial charge in [-0.25, -0.2) is 9.97 Å². The third-order valence-corrected chi connectivity index (χ3v) is 7.43. The van der Waals surface area contributed by atoms with Gasteiger partial charge in [0, 0.05) is 36.4 Å². The second-order valence-corrected chi connectivity index (χ2v) is 9.59. The van der Waals surface area contributed by atoms with Crippen LogP contribution in [0.1, 0.15) is 30.2 Å². The number of aromatic nitrogens is 5. The minimum Gasteiger partial charge on any atom is -0.383 e. The monoisotopic (exact) mass is 481 g/mol. The van der Waals surface area contributed by atoms with Crippen LogP contribution in [0, 0.1) is 5.92 Å². The molecule has 11 heteroatoms. The molecule has 4 aromatic rings. The number of anilines is 2. The Balaban J connectivity index is 1.43. The summed E-state index contributed by atoms with van der Waals surface area (Å²) in [6.07, 6.45) is 6.33. The molecule has 1 aliphatic rings. The highest BCUT2D eigenvalue weighted by Crippen LogP contribution is 2.40. The molecular weight excluding hydrogens is 454 g/mol. The number of ether oxygens (including phenoxy) is 1. The van der Waals surface area contributed by atoms with Crippen LogP contribution in [0.2, 0.25) is 0 Å². The van der Waals surface area contributed by atoms with E-state index >= 15 is 0 Å². The van der Waals surface area contributed by atoms with Crippen molar-refractivity contribution in [2.24, 2.45) is 5.92 Å². The van der Waals surface area contributed by atoms with Crippen molar-refractivity contribution in [1.29, 1.82) is 0 Å². The van der Waals surface area contributed by atoms with Gasteiger partial charge >= 0.3 is 0 Å². The summed E-state index contributed by atoms with van der Waals surface area (Å²) >= 11 is 1.61. The quantitative estimate of drug-likeness (QED) is 0.353. The van der Waals surface area contributed by atoms with Crippen molar-refractivity contribution in [3.8, 4) is 0 Å². The van der Waals surface area contributed by atoms with Crippen molar-refractivity contribution in [2.45, 2.75) is 32.6 Å². The minimum absolute atomic E-state index is 0.0420. The van der Waals surface area contributed by atoms with Crippen LogP contribution in [0.25, 0.3) is 21.3 Å². The summed E-state index contributed by atoms with van der Waals surface area (Å²) in [6.45, 7) is 3.99. The van der Waals surface area contributed by atoms with E-state index in [2.05, 4.69) is 37.4 Å². The molecule has 1 unspecified atom stereocenters. The third kappa shape index (κ3) is 4.16. The summed E-state index contributed by atoms with van der Waals surface area (Å²) < 4.78 is 5.20. The predicted molar refractivity (Wildman–Crippen MR) is 132 cm³/mol. The SMILES string of the molecule is CCCN(CCOC)C(=O)C1CCc2c(sc3ncnc(Nc4cc5cn[nH]c5[nH]c4=O)c23)C1. The number of amides is 1. The molecule has 1 atom stereocenters. The van der Waals surface area contributed by atoms with Crippen LogP contribution < -0.4 is 10.9 Å². The first-order valence-electron chi connectivity index (χ1n) is 11.5. The van der Waals surface area contributed by atoms with E-state index in [1.54, 1.807) is 30.7 Å². The molecule has 1 amide bonds. The van der Waals surface area contributed by atoms with E-state index < -0.39 is 0 Å². The van der Waals surface area contributed by atoms with E-state index in [4.69, 9.17) is 4.74 Å². The van der Waals surface area contributed by atoms with Gasteiger partial charge in [-0.05, 0) is 37.3 Å². The number of nitrogens with one attached hydrogen (secondary N) is 3. The maximum atomic E-state index is 13.2. The van der Waals surface area contributed by atoms with Crippen LogP contribution in [0.15, 0.2) is 23.4 Å². The number of aryl methyl sites for hydroxylation is 1. The molecule has 0 spiro atoms. The molecule has 0 bridgehead atoms. The maximum Gasteiger partial charge on any atom is 0.273 e. The molecule has 178 valence electrons. The lowest BCUT2D eigenvalue weighted by Crippen LogP contribution is -2.40. The topological polar surface area (TPSA) is 129 Å². The lowest BCUT2D eigenvalue weighted by Gasteiger charge is -2.29. The average Bonchev–Trinajstić information content (AvgIpc) is 3.45. The summed E-state index contributed by atoms with van der Waals surface area (Å²) in [4.78, 5) is 41.5. The highest BCUT2D eigenvalue weighted by Gasteiger charge is 2.31. The van der Waals surface area contributed by atoms with Gasteiger partial charge in [-0.2, -0.15) is 5.10 Å². The van der Waals surface area contributed by atoms with Gasteiger partial charge in [-0.3, -0.25) is 14.7 Å². The molecule has 0 saturated heterocycles.